The van der Waals surface area contributed by atoms with Gasteiger partial charge in [0.25, 0.3) is 0 Å². The second-order valence-corrected chi connectivity index (χ2v) is 26.2. The fraction of sp³-hybridized carbons (Fsp3) is 0.213. The average Bonchev–Trinajstić information content (AvgIpc) is 3.62. The fourth-order valence-electron chi connectivity index (χ4n) is 11.7. The molecule has 1 aliphatic carbocycles. The van der Waals surface area contributed by atoms with Gasteiger partial charge in [0, 0.05) is 39.5 Å². The van der Waals surface area contributed by atoms with Crippen molar-refractivity contribution in [2.24, 2.45) is 10.8 Å². The van der Waals surface area contributed by atoms with Gasteiger partial charge < -0.3 is 9.80 Å². The highest BCUT2D eigenvalue weighted by Crippen LogP contribution is 2.68. The number of para-hydroxylation sites is 2. The van der Waals surface area contributed by atoms with Crippen LogP contribution in [0.4, 0.5) is 34.1 Å². The molecular formula is C61H60N2Si. The molecule has 0 saturated heterocycles. The van der Waals surface area contributed by atoms with Crippen LogP contribution in [0.25, 0.3) is 43.4 Å². The summed E-state index contributed by atoms with van der Waals surface area (Å²) in [7, 11) is -1.46. The smallest absolute Gasteiger partial charge is 0.0775 e. The molecule has 0 heterocycles. The molecule has 10 rings (SSSR count). The van der Waals surface area contributed by atoms with Gasteiger partial charge >= 0.3 is 0 Å². The molecule has 0 aliphatic heterocycles. The quantitative estimate of drug-likeness (QED) is 0.116. The molecule has 0 amide bonds. The lowest BCUT2D eigenvalue weighted by Crippen LogP contribution is -2.50. The molecule has 0 N–H and O–H groups in total. The van der Waals surface area contributed by atoms with Crippen LogP contribution in [0.5, 0.6) is 0 Å². The Labute approximate surface area is 381 Å². The van der Waals surface area contributed by atoms with E-state index in [4.69, 9.17) is 0 Å². The van der Waals surface area contributed by atoms with Gasteiger partial charge in [-0.05, 0) is 145 Å². The van der Waals surface area contributed by atoms with Gasteiger partial charge in [0.05, 0.1) is 8.07 Å². The molecule has 0 aromatic heterocycles. The Morgan fingerprint density at radius 3 is 1.41 bits per heavy atom. The first-order valence-corrected chi connectivity index (χ1v) is 26.5. The maximum atomic E-state index is 2.48. The molecular weight excluding hydrogens is 789 g/mol. The number of rotatable bonds is 7. The molecule has 3 heteroatoms. The Balaban J connectivity index is 1.24. The standard InChI is InChI=1S/C61H60N2Si/c1-41-25-28-45(29-26-41)63(44-21-15-12-16-22-44)48-33-38-53-55(40-48)51-23-17-18-24-52(51)56-54-36-27-42-39-47(32-37-50(42)57(54)61(58(53)56,59(2,3)4)60(5,6)7)62(43-19-13-11-14-20-43)46-30-34-49(35-31-46)64(8,9)10/h11-40H,1-10H3. The van der Waals surface area contributed by atoms with Crippen molar-refractivity contribution in [2.45, 2.75) is 73.5 Å². The van der Waals surface area contributed by atoms with Gasteiger partial charge in [0.2, 0.25) is 0 Å². The van der Waals surface area contributed by atoms with E-state index in [1.807, 2.05) is 0 Å². The number of nitrogens with zero attached hydrogens (tertiary/aromatic N) is 2. The van der Waals surface area contributed by atoms with Gasteiger partial charge in [-0.3, -0.25) is 0 Å². The fourth-order valence-corrected chi connectivity index (χ4v) is 12.8. The third-order valence-corrected chi connectivity index (χ3v) is 16.2. The molecule has 2 nitrogen and oxygen atoms in total. The normalized spacial score (nSPS) is 13.6. The lowest BCUT2D eigenvalue weighted by atomic mass is 9.49. The third-order valence-electron chi connectivity index (χ3n) is 14.1. The number of fused-ring (bicyclic) bond motifs is 10. The number of benzene rings is 9. The van der Waals surface area contributed by atoms with Crippen LogP contribution in [0.3, 0.4) is 0 Å². The summed E-state index contributed by atoms with van der Waals surface area (Å²) >= 11 is 0. The molecule has 0 unspecified atom stereocenters. The summed E-state index contributed by atoms with van der Waals surface area (Å²) in [5.41, 5.74) is 13.1. The number of anilines is 6. The summed E-state index contributed by atoms with van der Waals surface area (Å²) in [6.07, 6.45) is 0. The molecule has 0 fully saturated rings. The van der Waals surface area contributed by atoms with E-state index in [9.17, 15) is 0 Å². The Morgan fingerprint density at radius 2 is 0.859 bits per heavy atom. The minimum Gasteiger partial charge on any atom is -0.310 e. The summed E-state index contributed by atoms with van der Waals surface area (Å²) < 4.78 is 0. The van der Waals surface area contributed by atoms with Crippen LogP contribution in [0, 0.1) is 17.8 Å². The zero-order valence-corrected chi connectivity index (χ0v) is 40.2. The third kappa shape index (κ3) is 6.50. The Kier molecular flexibility index (Phi) is 9.81. The highest BCUT2D eigenvalue weighted by atomic mass is 28.3. The van der Waals surface area contributed by atoms with Crippen LogP contribution in [0.1, 0.15) is 58.2 Å². The molecule has 9 aromatic rings. The summed E-state index contributed by atoms with van der Waals surface area (Å²) in [5.74, 6) is 0. The largest absolute Gasteiger partial charge is 0.310 e. The van der Waals surface area contributed by atoms with E-state index in [0.29, 0.717) is 0 Å². The van der Waals surface area contributed by atoms with Crippen molar-refractivity contribution in [3.63, 3.8) is 0 Å². The lowest BCUT2D eigenvalue weighted by molar-refractivity contribution is 0.0977. The number of aryl methyl sites for hydroxylation is 1. The minimum atomic E-state index is -1.46. The van der Waals surface area contributed by atoms with Gasteiger partial charge in [0.1, 0.15) is 0 Å². The zero-order valence-electron chi connectivity index (χ0n) is 39.2. The molecule has 0 atom stereocenters. The Bertz CT molecular complexity index is 3190. The van der Waals surface area contributed by atoms with E-state index in [1.54, 1.807) is 0 Å². The van der Waals surface area contributed by atoms with Crippen LogP contribution < -0.4 is 15.0 Å². The minimum absolute atomic E-state index is 0.168. The van der Waals surface area contributed by atoms with Crippen LogP contribution in [0.2, 0.25) is 19.6 Å². The highest BCUT2D eigenvalue weighted by Gasteiger charge is 2.59. The summed E-state index contributed by atoms with van der Waals surface area (Å²) in [6, 6.07) is 68.4. The van der Waals surface area contributed by atoms with Crippen LogP contribution in [-0.4, -0.2) is 8.07 Å². The van der Waals surface area contributed by atoms with Crippen molar-refractivity contribution < 1.29 is 0 Å². The van der Waals surface area contributed by atoms with Crippen molar-refractivity contribution in [3.8, 4) is 11.1 Å². The van der Waals surface area contributed by atoms with Gasteiger partial charge in [-0.1, -0.05) is 181 Å². The van der Waals surface area contributed by atoms with Gasteiger partial charge in [-0.2, -0.15) is 0 Å². The first-order valence-electron chi connectivity index (χ1n) is 23.0. The van der Waals surface area contributed by atoms with Crippen molar-refractivity contribution >= 4 is 79.7 Å². The molecule has 1 aliphatic rings. The van der Waals surface area contributed by atoms with Gasteiger partial charge in [-0.25, -0.2) is 0 Å². The van der Waals surface area contributed by atoms with Crippen molar-refractivity contribution in [3.05, 3.63) is 199 Å². The predicted octanol–water partition coefficient (Wildman–Crippen LogP) is 17.3. The lowest BCUT2D eigenvalue weighted by Gasteiger charge is -2.54. The molecule has 9 aromatic carbocycles. The molecule has 0 radical (unpaired) electrons. The number of hydrogen-bond donors (Lipinski definition) is 0. The van der Waals surface area contributed by atoms with Gasteiger partial charge in [0.15, 0.2) is 0 Å². The zero-order chi connectivity index (χ0) is 44.8. The summed E-state index contributed by atoms with van der Waals surface area (Å²) in [4.78, 5) is 4.82. The SMILES string of the molecule is Cc1ccc(N(c2ccccc2)c2ccc3c4c(c5ccccc5c3c2)-c2ccc3cc(N(c5ccccc5)c5ccc([Si](C)(C)C)cc5)ccc3c2C4(C(C)(C)C)C(C)(C)C)cc1. The van der Waals surface area contributed by atoms with E-state index >= 15 is 0 Å². The van der Waals surface area contributed by atoms with E-state index in [0.717, 1.165) is 28.4 Å². The van der Waals surface area contributed by atoms with Crippen LogP contribution >= 0.6 is 0 Å². The average molecular weight is 849 g/mol. The van der Waals surface area contributed by atoms with Crippen LogP contribution in [0.15, 0.2) is 182 Å². The summed E-state index contributed by atoms with van der Waals surface area (Å²) in [5, 5.41) is 9.27. The second kappa shape index (κ2) is 15.1. The van der Waals surface area contributed by atoms with E-state index < -0.39 is 8.07 Å². The predicted molar refractivity (Wildman–Crippen MR) is 281 cm³/mol. The van der Waals surface area contributed by atoms with Crippen molar-refractivity contribution in [1.29, 1.82) is 0 Å². The first kappa shape index (κ1) is 41.6. The maximum absolute atomic E-state index is 2.48. The first-order chi connectivity index (χ1) is 30.6. The highest BCUT2D eigenvalue weighted by molar-refractivity contribution is 6.88. The Morgan fingerprint density at radius 1 is 0.391 bits per heavy atom. The maximum Gasteiger partial charge on any atom is 0.0775 e. The van der Waals surface area contributed by atoms with E-state index in [2.05, 4.69) is 260 Å². The topological polar surface area (TPSA) is 6.48 Å². The van der Waals surface area contributed by atoms with Crippen LogP contribution in [-0.2, 0) is 5.41 Å². The van der Waals surface area contributed by atoms with Crippen molar-refractivity contribution in [2.75, 3.05) is 9.80 Å². The molecule has 0 bridgehead atoms. The Hall–Kier alpha value is -6.42. The monoisotopic (exact) mass is 848 g/mol. The molecule has 0 saturated carbocycles. The molecule has 318 valence electrons. The van der Waals surface area contributed by atoms with Crippen molar-refractivity contribution in [1.82, 2.24) is 0 Å². The van der Waals surface area contributed by atoms with Gasteiger partial charge in [-0.15, -0.1) is 0 Å². The van der Waals surface area contributed by atoms with E-state index in [1.165, 1.54) is 71.0 Å². The second-order valence-electron chi connectivity index (χ2n) is 21.1. The molecule has 0 spiro atoms. The molecule has 64 heavy (non-hydrogen) atoms. The number of hydrogen-bond acceptors (Lipinski definition) is 2. The van der Waals surface area contributed by atoms with E-state index in [-0.39, 0.29) is 16.2 Å². The summed E-state index contributed by atoms with van der Waals surface area (Å²) in [6.45, 7) is 24.3.